The van der Waals surface area contributed by atoms with Crippen LogP contribution in [0.1, 0.15) is 57.4 Å². The second kappa shape index (κ2) is 8.30. The summed E-state index contributed by atoms with van der Waals surface area (Å²) in [7, 11) is 1.71. The van der Waals surface area contributed by atoms with Crippen LogP contribution in [-0.4, -0.2) is 13.0 Å². The average molecular weight is 406 g/mol. The number of carbonyl (C=O) groups excluding carboxylic acids is 1. The van der Waals surface area contributed by atoms with Gasteiger partial charge in [0.1, 0.15) is 5.75 Å². The Morgan fingerprint density at radius 1 is 0.966 bits per heavy atom. The number of carbonyl (C=O) groups is 1. The molecule has 0 spiro atoms. The van der Waals surface area contributed by atoms with Crippen LogP contribution in [0.2, 0.25) is 5.02 Å². The zero-order valence-electron chi connectivity index (χ0n) is 16.6. The molecule has 2 atom stereocenters. The maximum atomic E-state index is 12.8. The highest BCUT2D eigenvalue weighted by Gasteiger charge is 2.31. The number of hydrogen-bond donors (Lipinski definition) is 1. The quantitative estimate of drug-likeness (QED) is 0.573. The van der Waals surface area contributed by atoms with E-state index in [0.29, 0.717) is 10.6 Å². The Labute approximate surface area is 176 Å². The van der Waals surface area contributed by atoms with Gasteiger partial charge in [-0.15, -0.1) is 0 Å². The molecule has 1 amide bonds. The van der Waals surface area contributed by atoms with Gasteiger partial charge in [-0.25, -0.2) is 0 Å². The molecule has 1 aliphatic carbocycles. The number of nitrogens with one attached hydrogen (secondary N) is 1. The molecule has 0 aliphatic heterocycles. The third kappa shape index (κ3) is 3.88. The van der Waals surface area contributed by atoms with E-state index in [2.05, 4.69) is 42.6 Å². The van der Waals surface area contributed by atoms with E-state index in [9.17, 15) is 4.79 Å². The van der Waals surface area contributed by atoms with E-state index in [1.807, 2.05) is 24.3 Å². The molecule has 1 aliphatic rings. The van der Waals surface area contributed by atoms with Crippen LogP contribution in [-0.2, 0) is 0 Å². The summed E-state index contributed by atoms with van der Waals surface area (Å²) < 4.78 is 5.62. The van der Waals surface area contributed by atoms with Gasteiger partial charge in [-0.2, -0.15) is 0 Å². The molecular formula is C25H24ClNO2. The van der Waals surface area contributed by atoms with Crippen LogP contribution < -0.4 is 10.1 Å². The van der Waals surface area contributed by atoms with E-state index < -0.39 is 0 Å². The van der Waals surface area contributed by atoms with Crippen molar-refractivity contribution in [2.24, 2.45) is 0 Å². The van der Waals surface area contributed by atoms with E-state index >= 15 is 0 Å². The van der Waals surface area contributed by atoms with Crippen molar-refractivity contribution in [1.82, 2.24) is 5.32 Å². The van der Waals surface area contributed by atoms with E-state index in [-0.39, 0.29) is 17.9 Å². The summed E-state index contributed by atoms with van der Waals surface area (Å²) in [5, 5.41) is 3.67. The number of ether oxygens (including phenoxy) is 1. The molecule has 29 heavy (non-hydrogen) atoms. The van der Waals surface area contributed by atoms with Crippen LogP contribution in [0, 0.1) is 6.92 Å². The fraction of sp³-hybridized carbons (Fsp3) is 0.240. The van der Waals surface area contributed by atoms with Crippen LogP contribution in [0.4, 0.5) is 0 Å². The molecule has 148 valence electrons. The number of amides is 1. The Bertz CT molecular complexity index is 1050. The van der Waals surface area contributed by atoms with Gasteiger partial charge in [-0.3, -0.25) is 4.79 Å². The molecule has 3 aromatic carbocycles. The molecule has 4 heteroatoms. The Balaban J connectivity index is 1.69. The molecule has 1 N–H and O–H groups in total. The van der Waals surface area contributed by atoms with Crippen LogP contribution in [0.5, 0.6) is 5.75 Å². The summed E-state index contributed by atoms with van der Waals surface area (Å²) >= 11 is 6.22. The van der Waals surface area contributed by atoms with Gasteiger partial charge in [0, 0.05) is 11.5 Å². The number of methoxy groups -OCH3 is 1. The zero-order chi connectivity index (χ0) is 20.4. The minimum Gasteiger partial charge on any atom is -0.496 e. The molecule has 0 radical (unpaired) electrons. The lowest BCUT2D eigenvalue weighted by atomic mass is 9.76. The summed E-state index contributed by atoms with van der Waals surface area (Å²) in [4.78, 5) is 12.8. The number of para-hydroxylation sites is 1. The summed E-state index contributed by atoms with van der Waals surface area (Å²) in [6.07, 6.45) is 1.79. The minimum atomic E-state index is -0.136. The monoisotopic (exact) mass is 405 g/mol. The normalized spacial score (nSPS) is 18.0. The Morgan fingerprint density at radius 2 is 1.72 bits per heavy atom. The predicted molar refractivity (Wildman–Crippen MR) is 117 cm³/mol. The van der Waals surface area contributed by atoms with Crippen LogP contribution in [0.15, 0.2) is 66.7 Å². The van der Waals surface area contributed by atoms with Crippen LogP contribution >= 0.6 is 11.6 Å². The first-order valence-corrected chi connectivity index (χ1v) is 10.2. The van der Waals surface area contributed by atoms with Crippen molar-refractivity contribution in [1.29, 1.82) is 0 Å². The molecule has 0 aromatic heterocycles. The first kappa shape index (κ1) is 19.5. The predicted octanol–water partition coefficient (Wildman–Crippen LogP) is 6.05. The number of rotatable bonds is 4. The lowest BCUT2D eigenvalue weighted by Crippen LogP contribution is -2.32. The molecule has 4 rings (SSSR count). The summed E-state index contributed by atoms with van der Waals surface area (Å²) in [5.41, 5.74) is 5.33. The van der Waals surface area contributed by atoms with Gasteiger partial charge < -0.3 is 10.1 Å². The molecule has 3 nitrogen and oxygen atoms in total. The molecule has 3 aromatic rings. The van der Waals surface area contributed by atoms with Crippen molar-refractivity contribution in [3.63, 3.8) is 0 Å². The zero-order valence-corrected chi connectivity index (χ0v) is 17.4. The standard InChI is InChI=1S/C25H24ClNO2/c1-16-11-12-18-21(15-16)17(19-7-4-6-10-24(19)29-2)13-14-23(18)27-25(28)20-8-3-5-9-22(20)26/h3-12,15,17,23H,13-14H2,1-2H3,(H,27,28). The lowest BCUT2D eigenvalue weighted by Gasteiger charge is -2.33. The molecule has 0 saturated heterocycles. The van der Waals surface area contributed by atoms with Gasteiger partial charge in [-0.05, 0) is 49.1 Å². The summed E-state index contributed by atoms with van der Waals surface area (Å²) in [5.74, 6) is 1.01. The maximum Gasteiger partial charge on any atom is 0.253 e. The van der Waals surface area contributed by atoms with Crippen molar-refractivity contribution in [3.8, 4) is 5.75 Å². The smallest absolute Gasteiger partial charge is 0.253 e. The number of benzene rings is 3. The molecule has 0 saturated carbocycles. The van der Waals surface area contributed by atoms with Crippen LogP contribution in [0.25, 0.3) is 0 Å². The Kier molecular flexibility index (Phi) is 5.59. The third-order valence-electron chi connectivity index (χ3n) is 5.68. The molecule has 0 bridgehead atoms. The first-order chi connectivity index (χ1) is 14.1. The summed E-state index contributed by atoms with van der Waals surface area (Å²) in [6.45, 7) is 2.10. The molecule has 0 fully saturated rings. The highest BCUT2D eigenvalue weighted by atomic mass is 35.5. The topological polar surface area (TPSA) is 38.3 Å². The number of halogens is 1. The van der Waals surface area contributed by atoms with Crippen molar-refractivity contribution in [3.05, 3.63) is 99.6 Å². The molecule has 0 heterocycles. The fourth-order valence-corrected chi connectivity index (χ4v) is 4.49. The maximum absolute atomic E-state index is 12.8. The van der Waals surface area contributed by atoms with E-state index in [1.165, 1.54) is 16.7 Å². The SMILES string of the molecule is COc1ccccc1C1CCC(NC(=O)c2ccccc2Cl)c2ccc(C)cc21. The molecule has 2 unspecified atom stereocenters. The van der Waals surface area contributed by atoms with Gasteiger partial charge in [0.15, 0.2) is 0 Å². The highest BCUT2D eigenvalue weighted by molar-refractivity contribution is 6.33. The average Bonchev–Trinajstić information content (AvgIpc) is 2.74. The van der Waals surface area contributed by atoms with Gasteiger partial charge in [-0.1, -0.05) is 65.7 Å². The fourth-order valence-electron chi connectivity index (χ4n) is 4.27. The third-order valence-corrected chi connectivity index (χ3v) is 6.00. The van der Waals surface area contributed by atoms with E-state index in [4.69, 9.17) is 16.3 Å². The van der Waals surface area contributed by atoms with Crippen molar-refractivity contribution >= 4 is 17.5 Å². The van der Waals surface area contributed by atoms with Crippen molar-refractivity contribution in [2.45, 2.75) is 31.7 Å². The minimum absolute atomic E-state index is 0.0414. The summed E-state index contributed by atoms with van der Waals surface area (Å²) in [6, 6.07) is 21.8. The van der Waals surface area contributed by atoms with Crippen LogP contribution in [0.3, 0.4) is 0 Å². The van der Waals surface area contributed by atoms with Gasteiger partial charge in [0.2, 0.25) is 0 Å². The first-order valence-electron chi connectivity index (χ1n) is 9.87. The molecular weight excluding hydrogens is 382 g/mol. The highest BCUT2D eigenvalue weighted by Crippen LogP contribution is 2.44. The van der Waals surface area contributed by atoms with Gasteiger partial charge in [0.05, 0.1) is 23.7 Å². The Morgan fingerprint density at radius 3 is 2.52 bits per heavy atom. The van der Waals surface area contributed by atoms with Crippen molar-refractivity contribution < 1.29 is 9.53 Å². The Hall–Kier alpha value is -2.78. The number of aryl methyl sites for hydroxylation is 1. The number of hydrogen-bond acceptors (Lipinski definition) is 2. The second-order valence-corrected chi connectivity index (χ2v) is 7.92. The van der Waals surface area contributed by atoms with E-state index in [1.54, 1.807) is 19.2 Å². The largest absolute Gasteiger partial charge is 0.496 e. The number of fused-ring (bicyclic) bond motifs is 1. The van der Waals surface area contributed by atoms with Crippen molar-refractivity contribution in [2.75, 3.05) is 7.11 Å². The second-order valence-electron chi connectivity index (χ2n) is 7.51. The van der Waals surface area contributed by atoms with E-state index in [0.717, 1.165) is 24.2 Å². The van der Waals surface area contributed by atoms with Gasteiger partial charge in [0.25, 0.3) is 5.91 Å². The van der Waals surface area contributed by atoms with Gasteiger partial charge >= 0.3 is 0 Å². The lowest BCUT2D eigenvalue weighted by molar-refractivity contribution is 0.0932.